The highest BCUT2D eigenvalue weighted by atomic mass is 16.5. The van der Waals surface area contributed by atoms with Crippen molar-refractivity contribution in [3.8, 4) is 0 Å². The number of carbonyl (C=O) groups excluding carboxylic acids is 1. The quantitative estimate of drug-likeness (QED) is 0.619. The van der Waals surface area contributed by atoms with E-state index in [0.717, 1.165) is 39.0 Å². The highest BCUT2D eigenvalue weighted by molar-refractivity contribution is 5.81. The first-order valence-electron chi connectivity index (χ1n) is 5.79. The molecule has 5 heteroatoms. The molecule has 16 heavy (non-hydrogen) atoms. The lowest BCUT2D eigenvalue weighted by atomic mass is 9.88. The number of ether oxygens (including phenoxy) is 1. The predicted octanol–water partition coefficient (Wildman–Crippen LogP) is -0.567. The Labute approximate surface area is 97.5 Å². The molecule has 1 rings (SSSR count). The SMILES string of the molecule is COC(=O)C1(NCCN(C)C)CCNCC1. The van der Waals surface area contributed by atoms with Crippen LogP contribution in [0.1, 0.15) is 12.8 Å². The molecule has 2 N–H and O–H groups in total. The summed E-state index contributed by atoms with van der Waals surface area (Å²) in [5.41, 5.74) is -0.476. The lowest BCUT2D eigenvalue weighted by molar-refractivity contribution is -0.149. The molecule has 0 aromatic heterocycles. The number of esters is 1. The Kier molecular flexibility index (Phi) is 5.18. The maximum atomic E-state index is 11.8. The van der Waals surface area contributed by atoms with Gasteiger partial charge in [0.1, 0.15) is 5.54 Å². The Hall–Kier alpha value is -0.650. The van der Waals surface area contributed by atoms with E-state index in [1.165, 1.54) is 7.11 Å². The molecular weight excluding hydrogens is 206 g/mol. The normalized spacial score (nSPS) is 19.8. The van der Waals surface area contributed by atoms with Crippen LogP contribution in [0.25, 0.3) is 0 Å². The molecule has 0 spiro atoms. The van der Waals surface area contributed by atoms with Crippen LogP contribution in [0, 0.1) is 0 Å². The number of hydrogen-bond donors (Lipinski definition) is 2. The first kappa shape index (κ1) is 13.4. The zero-order chi connectivity index (χ0) is 12.0. The molecule has 0 atom stereocenters. The third kappa shape index (κ3) is 3.43. The zero-order valence-corrected chi connectivity index (χ0v) is 10.5. The largest absolute Gasteiger partial charge is 0.468 e. The number of nitrogens with one attached hydrogen (secondary N) is 2. The number of likely N-dealkylation sites (N-methyl/N-ethyl adjacent to an activating group) is 1. The first-order chi connectivity index (χ1) is 7.60. The summed E-state index contributed by atoms with van der Waals surface area (Å²) in [6.07, 6.45) is 1.60. The van der Waals surface area contributed by atoms with Crippen molar-refractivity contribution in [1.29, 1.82) is 0 Å². The second-order valence-electron chi connectivity index (χ2n) is 4.55. The molecule has 1 fully saturated rings. The lowest BCUT2D eigenvalue weighted by Crippen LogP contribution is -2.59. The molecular formula is C11H23N3O2. The smallest absolute Gasteiger partial charge is 0.326 e. The van der Waals surface area contributed by atoms with Gasteiger partial charge < -0.3 is 20.3 Å². The average Bonchev–Trinajstić information content (AvgIpc) is 2.28. The van der Waals surface area contributed by atoms with E-state index in [2.05, 4.69) is 15.5 Å². The summed E-state index contributed by atoms with van der Waals surface area (Å²) in [4.78, 5) is 13.9. The van der Waals surface area contributed by atoms with Crippen LogP contribution in [-0.2, 0) is 9.53 Å². The molecule has 0 unspecified atom stereocenters. The second kappa shape index (κ2) is 6.18. The van der Waals surface area contributed by atoms with Gasteiger partial charge in [-0.25, -0.2) is 0 Å². The van der Waals surface area contributed by atoms with E-state index < -0.39 is 5.54 Å². The molecule has 0 aliphatic carbocycles. The van der Waals surface area contributed by atoms with Crippen molar-refractivity contribution in [3.05, 3.63) is 0 Å². The molecule has 1 heterocycles. The van der Waals surface area contributed by atoms with Crippen LogP contribution in [0.15, 0.2) is 0 Å². The van der Waals surface area contributed by atoms with Crippen molar-refractivity contribution >= 4 is 5.97 Å². The van der Waals surface area contributed by atoms with Crippen LogP contribution in [-0.4, -0.2) is 63.8 Å². The van der Waals surface area contributed by atoms with Gasteiger partial charge in [0.2, 0.25) is 0 Å². The second-order valence-corrected chi connectivity index (χ2v) is 4.55. The van der Waals surface area contributed by atoms with E-state index in [0.29, 0.717) is 0 Å². The van der Waals surface area contributed by atoms with E-state index in [-0.39, 0.29) is 5.97 Å². The number of piperidine rings is 1. The predicted molar refractivity (Wildman–Crippen MR) is 63.4 cm³/mol. The van der Waals surface area contributed by atoms with Gasteiger partial charge in [0.15, 0.2) is 0 Å². The number of hydrogen-bond acceptors (Lipinski definition) is 5. The van der Waals surface area contributed by atoms with Crippen molar-refractivity contribution in [2.75, 3.05) is 47.4 Å². The Bertz CT molecular complexity index is 225. The minimum absolute atomic E-state index is 0.132. The maximum Gasteiger partial charge on any atom is 0.326 e. The fraction of sp³-hybridized carbons (Fsp3) is 0.909. The highest BCUT2D eigenvalue weighted by Gasteiger charge is 2.39. The van der Waals surface area contributed by atoms with Crippen molar-refractivity contribution in [2.24, 2.45) is 0 Å². The van der Waals surface area contributed by atoms with Gasteiger partial charge in [0.05, 0.1) is 7.11 Å². The molecule has 0 bridgehead atoms. The Morgan fingerprint density at radius 2 is 2.06 bits per heavy atom. The molecule has 0 saturated carbocycles. The zero-order valence-electron chi connectivity index (χ0n) is 10.5. The van der Waals surface area contributed by atoms with Gasteiger partial charge in [-0.2, -0.15) is 0 Å². The van der Waals surface area contributed by atoms with Gasteiger partial charge in [0.25, 0.3) is 0 Å². The molecule has 5 nitrogen and oxygen atoms in total. The van der Waals surface area contributed by atoms with E-state index in [1.807, 2.05) is 14.1 Å². The maximum absolute atomic E-state index is 11.8. The fourth-order valence-corrected chi connectivity index (χ4v) is 2.02. The fourth-order valence-electron chi connectivity index (χ4n) is 2.02. The summed E-state index contributed by atoms with van der Waals surface area (Å²) in [5.74, 6) is -0.132. The summed E-state index contributed by atoms with van der Waals surface area (Å²) >= 11 is 0. The number of methoxy groups -OCH3 is 1. The van der Waals surface area contributed by atoms with E-state index in [9.17, 15) is 4.79 Å². The van der Waals surface area contributed by atoms with Crippen LogP contribution in [0.4, 0.5) is 0 Å². The van der Waals surface area contributed by atoms with E-state index in [4.69, 9.17) is 4.74 Å². The molecule has 94 valence electrons. The van der Waals surface area contributed by atoms with Crippen molar-refractivity contribution in [1.82, 2.24) is 15.5 Å². The van der Waals surface area contributed by atoms with Crippen LogP contribution in [0.5, 0.6) is 0 Å². The van der Waals surface area contributed by atoms with Crippen LogP contribution < -0.4 is 10.6 Å². The molecule has 0 aromatic rings. The van der Waals surface area contributed by atoms with Crippen molar-refractivity contribution < 1.29 is 9.53 Å². The minimum Gasteiger partial charge on any atom is -0.468 e. The Morgan fingerprint density at radius 1 is 1.44 bits per heavy atom. The third-order valence-corrected chi connectivity index (χ3v) is 3.06. The van der Waals surface area contributed by atoms with Crippen molar-refractivity contribution in [2.45, 2.75) is 18.4 Å². The van der Waals surface area contributed by atoms with Crippen LogP contribution >= 0.6 is 0 Å². The Morgan fingerprint density at radius 3 is 2.56 bits per heavy atom. The standard InChI is InChI=1S/C11H23N3O2/c1-14(2)9-8-13-11(10(15)16-3)4-6-12-7-5-11/h12-13H,4-9H2,1-3H3. The van der Waals surface area contributed by atoms with Gasteiger partial charge in [-0.05, 0) is 40.0 Å². The van der Waals surface area contributed by atoms with Gasteiger partial charge in [-0.3, -0.25) is 4.79 Å². The van der Waals surface area contributed by atoms with Crippen molar-refractivity contribution in [3.63, 3.8) is 0 Å². The van der Waals surface area contributed by atoms with Crippen LogP contribution in [0.3, 0.4) is 0 Å². The molecule has 1 aliphatic rings. The Balaban J connectivity index is 2.52. The van der Waals surface area contributed by atoms with Gasteiger partial charge in [-0.1, -0.05) is 0 Å². The molecule has 1 aliphatic heterocycles. The molecule has 0 radical (unpaired) electrons. The molecule has 1 saturated heterocycles. The average molecular weight is 229 g/mol. The van der Waals surface area contributed by atoms with E-state index >= 15 is 0 Å². The summed E-state index contributed by atoms with van der Waals surface area (Å²) in [7, 11) is 5.50. The monoisotopic (exact) mass is 229 g/mol. The number of nitrogens with zero attached hydrogens (tertiary/aromatic N) is 1. The third-order valence-electron chi connectivity index (χ3n) is 3.06. The molecule has 0 aromatic carbocycles. The van der Waals surface area contributed by atoms with E-state index in [1.54, 1.807) is 0 Å². The van der Waals surface area contributed by atoms with Gasteiger partial charge in [-0.15, -0.1) is 0 Å². The minimum atomic E-state index is -0.476. The van der Waals surface area contributed by atoms with Gasteiger partial charge >= 0.3 is 5.97 Å². The summed E-state index contributed by atoms with van der Waals surface area (Å²) in [6.45, 7) is 3.46. The molecule has 0 amide bonds. The number of rotatable bonds is 5. The highest BCUT2D eigenvalue weighted by Crippen LogP contribution is 2.19. The van der Waals surface area contributed by atoms with Gasteiger partial charge in [0, 0.05) is 13.1 Å². The first-order valence-corrected chi connectivity index (χ1v) is 5.79. The summed E-state index contributed by atoms with van der Waals surface area (Å²) < 4.78 is 4.91. The summed E-state index contributed by atoms with van der Waals surface area (Å²) in [6, 6.07) is 0. The topological polar surface area (TPSA) is 53.6 Å². The summed E-state index contributed by atoms with van der Waals surface area (Å²) in [5, 5.41) is 6.62. The number of carbonyl (C=O) groups is 1. The lowest BCUT2D eigenvalue weighted by Gasteiger charge is -2.36. The van der Waals surface area contributed by atoms with Crippen LogP contribution in [0.2, 0.25) is 0 Å².